The Hall–Kier alpha value is -1.62. The van der Waals surface area contributed by atoms with Gasteiger partial charge in [-0.15, -0.1) is 0 Å². The van der Waals surface area contributed by atoms with Crippen LogP contribution in [0.1, 0.15) is 24.5 Å². The SMILES string of the molecule is O=C(Cn1nccc1[C@@H]1CCCNC1)N1CC=CC1. The summed E-state index contributed by atoms with van der Waals surface area (Å²) in [5, 5.41) is 7.74. The maximum Gasteiger partial charge on any atom is 0.244 e. The van der Waals surface area contributed by atoms with Crippen molar-refractivity contribution >= 4 is 5.91 Å². The third-order valence-electron chi connectivity index (χ3n) is 3.92. The fourth-order valence-electron chi connectivity index (χ4n) is 2.84. The van der Waals surface area contributed by atoms with E-state index >= 15 is 0 Å². The van der Waals surface area contributed by atoms with Crippen LogP contribution in [-0.2, 0) is 11.3 Å². The van der Waals surface area contributed by atoms with Crippen molar-refractivity contribution < 1.29 is 4.79 Å². The van der Waals surface area contributed by atoms with Gasteiger partial charge in [0.05, 0.1) is 0 Å². The van der Waals surface area contributed by atoms with E-state index in [2.05, 4.69) is 10.4 Å². The Labute approximate surface area is 113 Å². The number of carbonyl (C=O) groups excluding carboxylic acids is 1. The molecule has 3 rings (SSSR count). The predicted molar refractivity (Wildman–Crippen MR) is 72.8 cm³/mol. The Balaban J connectivity index is 1.67. The Morgan fingerprint density at radius 2 is 2.26 bits per heavy atom. The van der Waals surface area contributed by atoms with Gasteiger partial charge < -0.3 is 10.2 Å². The third kappa shape index (κ3) is 2.71. The van der Waals surface area contributed by atoms with Crippen molar-refractivity contribution in [2.45, 2.75) is 25.3 Å². The molecule has 0 aromatic carbocycles. The number of nitrogens with one attached hydrogen (secondary N) is 1. The Kier molecular flexibility index (Phi) is 3.64. The van der Waals surface area contributed by atoms with Gasteiger partial charge in [0.25, 0.3) is 0 Å². The molecule has 0 bridgehead atoms. The lowest BCUT2D eigenvalue weighted by Gasteiger charge is -2.24. The number of amides is 1. The average molecular weight is 260 g/mol. The number of aromatic nitrogens is 2. The summed E-state index contributed by atoms with van der Waals surface area (Å²) in [7, 11) is 0. The highest BCUT2D eigenvalue weighted by molar-refractivity contribution is 5.76. The van der Waals surface area contributed by atoms with E-state index in [1.807, 2.05) is 27.8 Å². The van der Waals surface area contributed by atoms with Gasteiger partial charge in [-0.3, -0.25) is 9.48 Å². The topological polar surface area (TPSA) is 50.2 Å². The molecule has 19 heavy (non-hydrogen) atoms. The third-order valence-corrected chi connectivity index (χ3v) is 3.92. The Bertz CT molecular complexity index is 466. The Morgan fingerprint density at radius 1 is 1.42 bits per heavy atom. The summed E-state index contributed by atoms with van der Waals surface area (Å²) in [6.45, 7) is 3.93. The van der Waals surface area contributed by atoms with Crippen molar-refractivity contribution in [1.82, 2.24) is 20.0 Å². The number of rotatable bonds is 3. The molecule has 5 nitrogen and oxygen atoms in total. The van der Waals surface area contributed by atoms with Crippen molar-refractivity contribution in [1.29, 1.82) is 0 Å². The van der Waals surface area contributed by atoms with Crippen LogP contribution in [0, 0.1) is 0 Å². The molecule has 0 aliphatic carbocycles. The number of hydrogen-bond donors (Lipinski definition) is 1. The highest BCUT2D eigenvalue weighted by Gasteiger charge is 2.21. The van der Waals surface area contributed by atoms with Crippen LogP contribution in [0.2, 0.25) is 0 Å². The summed E-state index contributed by atoms with van der Waals surface area (Å²) in [5.41, 5.74) is 1.19. The second-order valence-corrected chi connectivity index (χ2v) is 5.23. The normalized spacial score (nSPS) is 22.9. The van der Waals surface area contributed by atoms with E-state index < -0.39 is 0 Å². The molecule has 2 aliphatic heterocycles. The van der Waals surface area contributed by atoms with Crippen LogP contribution in [0.3, 0.4) is 0 Å². The predicted octanol–water partition coefficient (Wildman–Crippen LogP) is 0.748. The largest absolute Gasteiger partial charge is 0.334 e. The van der Waals surface area contributed by atoms with Crippen molar-refractivity contribution in [3.63, 3.8) is 0 Å². The number of hydrogen-bond acceptors (Lipinski definition) is 3. The zero-order valence-electron chi connectivity index (χ0n) is 11.1. The first-order chi connectivity index (χ1) is 9.34. The first-order valence-corrected chi connectivity index (χ1v) is 7.00. The highest BCUT2D eigenvalue weighted by Crippen LogP contribution is 2.22. The summed E-state index contributed by atoms with van der Waals surface area (Å²) in [5.74, 6) is 0.638. The lowest BCUT2D eigenvalue weighted by atomic mass is 9.96. The van der Waals surface area contributed by atoms with Gasteiger partial charge in [-0.25, -0.2) is 0 Å². The molecular weight excluding hydrogens is 240 g/mol. The van der Waals surface area contributed by atoms with E-state index in [0.29, 0.717) is 12.5 Å². The minimum atomic E-state index is 0.152. The van der Waals surface area contributed by atoms with Gasteiger partial charge in [-0.1, -0.05) is 12.2 Å². The van der Waals surface area contributed by atoms with Crippen molar-refractivity contribution in [2.24, 2.45) is 0 Å². The van der Waals surface area contributed by atoms with Crippen LogP contribution in [0.5, 0.6) is 0 Å². The molecule has 1 saturated heterocycles. The van der Waals surface area contributed by atoms with Gasteiger partial charge in [0.1, 0.15) is 6.54 Å². The molecule has 1 N–H and O–H groups in total. The lowest BCUT2D eigenvalue weighted by Crippen LogP contribution is -2.34. The molecule has 0 saturated carbocycles. The minimum absolute atomic E-state index is 0.152. The maximum absolute atomic E-state index is 12.2. The summed E-state index contributed by atoms with van der Waals surface area (Å²) < 4.78 is 1.87. The molecule has 3 heterocycles. The highest BCUT2D eigenvalue weighted by atomic mass is 16.2. The van der Waals surface area contributed by atoms with E-state index in [0.717, 1.165) is 26.2 Å². The molecule has 102 valence electrons. The minimum Gasteiger partial charge on any atom is -0.334 e. The van der Waals surface area contributed by atoms with Crippen molar-refractivity contribution in [2.75, 3.05) is 26.2 Å². The van der Waals surface area contributed by atoms with Crippen molar-refractivity contribution in [3.05, 3.63) is 30.1 Å². The van der Waals surface area contributed by atoms with Gasteiger partial charge in [-0.2, -0.15) is 5.10 Å². The van der Waals surface area contributed by atoms with Gasteiger partial charge >= 0.3 is 0 Å². The molecule has 1 fully saturated rings. The van der Waals surface area contributed by atoms with Crippen LogP contribution >= 0.6 is 0 Å². The fraction of sp³-hybridized carbons (Fsp3) is 0.571. The molecule has 1 aromatic heterocycles. The number of carbonyl (C=O) groups is 1. The summed E-state index contributed by atoms with van der Waals surface area (Å²) in [4.78, 5) is 14.0. The fourth-order valence-corrected chi connectivity index (χ4v) is 2.84. The monoisotopic (exact) mass is 260 g/mol. The molecule has 0 radical (unpaired) electrons. The van der Waals surface area contributed by atoms with Gasteiger partial charge in [0.2, 0.25) is 5.91 Å². The van der Waals surface area contributed by atoms with Crippen LogP contribution in [-0.4, -0.2) is 46.8 Å². The standard InChI is InChI=1S/C14H20N4O/c19-14(17-8-1-2-9-17)11-18-13(5-7-16-18)12-4-3-6-15-10-12/h1-2,5,7,12,15H,3-4,6,8-11H2/t12-/m1/s1. The van der Waals surface area contributed by atoms with Crippen LogP contribution in [0.25, 0.3) is 0 Å². The van der Waals surface area contributed by atoms with E-state index in [1.54, 1.807) is 6.20 Å². The molecule has 2 aliphatic rings. The quantitative estimate of drug-likeness (QED) is 0.816. The van der Waals surface area contributed by atoms with Crippen LogP contribution < -0.4 is 5.32 Å². The molecular formula is C14H20N4O. The summed E-state index contributed by atoms with van der Waals surface area (Å²) >= 11 is 0. The molecule has 5 heteroatoms. The van der Waals surface area contributed by atoms with Gasteiger partial charge in [0.15, 0.2) is 0 Å². The van der Waals surface area contributed by atoms with E-state index in [-0.39, 0.29) is 5.91 Å². The molecule has 1 atom stereocenters. The first kappa shape index (κ1) is 12.4. The maximum atomic E-state index is 12.2. The van der Waals surface area contributed by atoms with Gasteiger partial charge in [-0.05, 0) is 25.5 Å². The number of nitrogens with zero attached hydrogens (tertiary/aromatic N) is 3. The average Bonchev–Trinajstić information content (AvgIpc) is 3.11. The van der Waals surface area contributed by atoms with Crippen LogP contribution in [0.15, 0.2) is 24.4 Å². The second kappa shape index (κ2) is 5.57. The molecule has 0 spiro atoms. The Morgan fingerprint density at radius 3 is 3.00 bits per heavy atom. The van der Waals surface area contributed by atoms with E-state index in [1.165, 1.54) is 18.5 Å². The molecule has 1 aromatic rings. The first-order valence-electron chi connectivity index (χ1n) is 7.00. The second-order valence-electron chi connectivity index (χ2n) is 5.23. The zero-order chi connectivity index (χ0) is 13.1. The molecule has 1 amide bonds. The zero-order valence-corrected chi connectivity index (χ0v) is 11.1. The molecule has 0 unspecified atom stereocenters. The van der Waals surface area contributed by atoms with Gasteiger partial charge in [0, 0.05) is 37.4 Å². The van der Waals surface area contributed by atoms with E-state index in [9.17, 15) is 4.79 Å². The van der Waals surface area contributed by atoms with Crippen LogP contribution in [0.4, 0.5) is 0 Å². The van der Waals surface area contributed by atoms with E-state index in [4.69, 9.17) is 0 Å². The smallest absolute Gasteiger partial charge is 0.244 e. The van der Waals surface area contributed by atoms with Crippen molar-refractivity contribution in [3.8, 4) is 0 Å². The lowest BCUT2D eigenvalue weighted by molar-refractivity contribution is -0.130. The number of piperidine rings is 1. The summed E-state index contributed by atoms with van der Waals surface area (Å²) in [6, 6.07) is 2.05. The summed E-state index contributed by atoms with van der Waals surface area (Å²) in [6.07, 6.45) is 8.25.